The summed E-state index contributed by atoms with van der Waals surface area (Å²) >= 11 is 2.26. The molecular formula is C20H13IN2. The lowest BCUT2D eigenvalue weighted by Gasteiger charge is -2.07. The van der Waals surface area contributed by atoms with Crippen LogP contribution in [0.5, 0.6) is 0 Å². The Morgan fingerprint density at radius 1 is 0.522 bits per heavy atom. The second kappa shape index (κ2) is 6.08. The van der Waals surface area contributed by atoms with Gasteiger partial charge < -0.3 is 0 Å². The van der Waals surface area contributed by atoms with Gasteiger partial charge in [-0.1, -0.05) is 66.7 Å². The molecule has 0 bridgehead atoms. The van der Waals surface area contributed by atoms with Crippen molar-refractivity contribution in [2.24, 2.45) is 0 Å². The van der Waals surface area contributed by atoms with Crippen molar-refractivity contribution >= 4 is 33.6 Å². The molecule has 0 fully saturated rings. The van der Waals surface area contributed by atoms with Gasteiger partial charge in [0.15, 0.2) is 0 Å². The molecule has 0 spiro atoms. The second-order valence-corrected chi connectivity index (χ2v) is 6.32. The fourth-order valence-electron chi connectivity index (χ4n) is 2.61. The summed E-state index contributed by atoms with van der Waals surface area (Å²) in [4.78, 5) is 9.43. The fraction of sp³-hybridized carbons (Fsp3) is 0. The van der Waals surface area contributed by atoms with Gasteiger partial charge in [-0.25, -0.2) is 9.97 Å². The summed E-state index contributed by atoms with van der Waals surface area (Å²) in [6.07, 6.45) is 0. The van der Waals surface area contributed by atoms with Crippen LogP contribution in [-0.4, -0.2) is 9.97 Å². The minimum Gasteiger partial charge on any atom is -0.243 e. The third-order valence-electron chi connectivity index (χ3n) is 3.79. The van der Waals surface area contributed by atoms with Crippen molar-refractivity contribution < 1.29 is 0 Å². The van der Waals surface area contributed by atoms with E-state index in [9.17, 15) is 0 Å². The highest BCUT2D eigenvalue weighted by Crippen LogP contribution is 2.27. The predicted octanol–water partition coefficient (Wildman–Crippen LogP) is 5.57. The number of nitrogens with zero attached hydrogens (tertiary/aromatic N) is 2. The van der Waals surface area contributed by atoms with Crippen LogP contribution in [0, 0.1) is 3.70 Å². The minimum absolute atomic E-state index is 0.925. The first kappa shape index (κ1) is 14.3. The number of benzene rings is 3. The number of hydrogen-bond donors (Lipinski definition) is 0. The molecule has 23 heavy (non-hydrogen) atoms. The van der Waals surface area contributed by atoms with Gasteiger partial charge in [0.1, 0.15) is 9.39 Å². The summed E-state index contributed by atoms with van der Waals surface area (Å²) in [5, 5.41) is 0. The van der Waals surface area contributed by atoms with Crippen molar-refractivity contribution in [1.82, 2.24) is 9.97 Å². The van der Waals surface area contributed by atoms with E-state index >= 15 is 0 Å². The van der Waals surface area contributed by atoms with Crippen LogP contribution in [-0.2, 0) is 0 Å². The van der Waals surface area contributed by atoms with Gasteiger partial charge in [0, 0.05) is 5.56 Å². The maximum Gasteiger partial charge on any atom is 0.128 e. The first-order valence-electron chi connectivity index (χ1n) is 7.39. The van der Waals surface area contributed by atoms with Crippen LogP contribution in [0.3, 0.4) is 0 Å². The minimum atomic E-state index is 0.925. The molecule has 0 atom stereocenters. The molecule has 4 rings (SSSR count). The van der Waals surface area contributed by atoms with Crippen molar-refractivity contribution in [3.8, 4) is 22.4 Å². The summed E-state index contributed by atoms with van der Waals surface area (Å²) < 4.78 is 0.925. The lowest BCUT2D eigenvalue weighted by Crippen LogP contribution is -1.94. The Kier molecular flexibility index (Phi) is 3.79. The molecule has 0 N–H and O–H groups in total. The van der Waals surface area contributed by atoms with Gasteiger partial charge in [0.25, 0.3) is 0 Å². The predicted molar refractivity (Wildman–Crippen MR) is 103 cm³/mol. The molecule has 0 unspecified atom stereocenters. The second-order valence-electron chi connectivity index (χ2n) is 5.30. The Balaban J connectivity index is 1.78. The molecule has 0 amide bonds. The van der Waals surface area contributed by atoms with E-state index in [1.165, 1.54) is 11.1 Å². The highest BCUT2D eigenvalue weighted by molar-refractivity contribution is 14.1. The molecule has 2 nitrogen and oxygen atoms in total. The van der Waals surface area contributed by atoms with Gasteiger partial charge in [-0.05, 0) is 45.9 Å². The first-order chi connectivity index (χ1) is 11.3. The topological polar surface area (TPSA) is 25.8 Å². The molecule has 4 aromatic rings. The smallest absolute Gasteiger partial charge is 0.128 e. The summed E-state index contributed by atoms with van der Waals surface area (Å²) in [5.74, 6) is 0. The van der Waals surface area contributed by atoms with Crippen LogP contribution in [0.25, 0.3) is 33.4 Å². The van der Waals surface area contributed by atoms with E-state index in [1.807, 2.05) is 30.3 Å². The van der Waals surface area contributed by atoms with Gasteiger partial charge in [-0.3, -0.25) is 0 Å². The van der Waals surface area contributed by atoms with E-state index in [0.29, 0.717) is 0 Å². The highest BCUT2D eigenvalue weighted by atomic mass is 127. The average molecular weight is 408 g/mol. The van der Waals surface area contributed by atoms with Gasteiger partial charge in [0.2, 0.25) is 0 Å². The number of rotatable bonds is 2. The molecule has 1 heterocycles. The number of aromatic nitrogens is 2. The van der Waals surface area contributed by atoms with Gasteiger partial charge in [-0.2, -0.15) is 0 Å². The fourth-order valence-corrected chi connectivity index (χ4v) is 3.31. The van der Waals surface area contributed by atoms with Crippen LogP contribution >= 0.6 is 22.6 Å². The van der Waals surface area contributed by atoms with Gasteiger partial charge >= 0.3 is 0 Å². The molecule has 3 heteroatoms. The Morgan fingerprint density at radius 3 is 1.74 bits per heavy atom. The standard InChI is InChI=1S/C20H13IN2/c21-20-19(22-17-8-4-5-9-18(17)23-20)16-12-10-15(11-13-16)14-6-2-1-3-7-14/h1-13H. The van der Waals surface area contributed by atoms with E-state index in [4.69, 9.17) is 4.98 Å². The average Bonchev–Trinajstić information content (AvgIpc) is 2.62. The van der Waals surface area contributed by atoms with Crippen molar-refractivity contribution in [2.75, 3.05) is 0 Å². The molecule has 0 aliphatic rings. The van der Waals surface area contributed by atoms with Crippen LogP contribution in [0.15, 0.2) is 78.9 Å². The zero-order chi connectivity index (χ0) is 15.6. The van der Waals surface area contributed by atoms with E-state index in [1.54, 1.807) is 0 Å². The molecule has 0 saturated heterocycles. The third kappa shape index (κ3) is 2.84. The van der Waals surface area contributed by atoms with Crippen LogP contribution < -0.4 is 0 Å². The summed E-state index contributed by atoms with van der Waals surface area (Å²) in [7, 11) is 0. The zero-order valence-electron chi connectivity index (χ0n) is 12.3. The largest absolute Gasteiger partial charge is 0.243 e. The van der Waals surface area contributed by atoms with Crippen molar-refractivity contribution in [2.45, 2.75) is 0 Å². The molecule has 3 aromatic carbocycles. The molecule has 0 saturated carbocycles. The third-order valence-corrected chi connectivity index (χ3v) is 4.55. The summed E-state index contributed by atoms with van der Waals surface area (Å²) in [6.45, 7) is 0. The van der Waals surface area contributed by atoms with E-state index in [2.05, 4.69) is 76.1 Å². The van der Waals surface area contributed by atoms with E-state index in [0.717, 1.165) is 26.0 Å². The zero-order valence-corrected chi connectivity index (χ0v) is 14.4. The van der Waals surface area contributed by atoms with Crippen molar-refractivity contribution in [1.29, 1.82) is 0 Å². The Morgan fingerprint density at radius 2 is 1.04 bits per heavy atom. The Hall–Kier alpha value is -2.27. The number of halogens is 1. The maximum absolute atomic E-state index is 4.78. The molecule has 0 aliphatic heterocycles. The van der Waals surface area contributed by atoms with Gasteiger partial charge in [0.05, 0.1) is 11.0 Å². The summed E-state index contributed by atoms with van der Waals surface area (Å²) in [6, 6.07) is 26.9. The Bertz CT molecular complexity index is 964. The van der Waals surface area contributed by atoms with Gasteiger partial charge in [-0.15, -0.1) is 0 Å². The van der Waals surface area contributed by atoms with Crippen molar-refractivity contribution in [3.63, 3.8) is 0 Å². The quantitative estimate of drug-likeness (QED) is 0.406. The van der Waals surface area contributed by atoms with Crippen LogP contribution in [0.4, 0.5) is 0 Å². The first-order valence-corrected chi connectivity index (χ1v) is 8.47. The summed E-state index contributed by atoms with van der Waals surface area (Å²) in [5.41, 5.74) is 6.31. The van der Waals surface area contributed by atoms with Crippen LogP contribution in [0.1, 0.15) is 0 Å². The SMILES string of the molecule is Ic1nc2ccccc2nc1-c1ccc(-c2ccccc2)cc1. The lowest BCUT2D eigenvalue weighted by molar-refractivity contribution is 1.25. The van der Waals surface area contributed by atoms with E-state index in [-0.39, 0.29) is 0 Å². The van der Waals surface area contributed by atoms with Crippen LogP contribution in [0.2, 0.25) is 0 Å². The van der Waals surface area contributed by atoms with Crippen molar-refractivity contribution in [3.05, 3.63) is 82.6 Å². The molecule has 110 valence electrons. The maximum atomic E-state index is 4.78. The number of hydrogen-bond acceptors (Lipinski definition) is 2. The number of para-hydroxylation sites is 2. The monoisotopic (exact) mass is 408 g/mol. The molecule has 0 aliphatic carbocycles. The molecule has 1 aromatic heterocycles. The highest BCUT2D eigenvalue weighted by Gasteiger charge is 2.09. The molecule has 0 radical (unpaired) electrons. The normalized spacial score (nSPS) is 10.8. The lowest BCUT2D eigenvalue weighted by atomic mass is 10.0. The number of fused-ring (bicyclic) bond motifs is 1. The Labute approximate surface area is 148 Å². The van der Waals surface area contributed by atoms with E-state index < -0.39 is 0 Å². The molecular weight excluding hydrogens is 395 g/mol.